The molecule has 0 aliphatic carbocycles. The summed E-state index contributed by atoms with van der Waals surface area (Å²) in [7, 11) is 0. The molecule has 0 saturated carbocycles. The number of hydrogen-bond donors (Lipinski definition) is 1. The first-order chi connectivity index (χ1) is 10.6. The van der Waals surface area contributed by atoms with E-state index in [1.165, 1.54) is 22.3 Å². The third-order valence-corrected chi connectivity index (χ3v) is 4.23. The van der Waals surface area contributed by atoms with Crippen molar-refractivity contribution in [2.45, 2.75) is 13.8 Å². The number of rotatable bonds is 3. The van der Waals surface area contributed by atoms with E-state index in [-0.39, 0.29) is 0 Å². The fraction of sp³-hybridized carbons (Fsp3) is 0.100. The molecule has 110 valence electrons. The minimum absolute atomic E-state index is 0.724. The van der Waals surface area contributed by atoms with Gasteiger partial charge in [-0.15, -0.1) is 0 Å². The van der Waals surface area contributed by atoms with Crippen LogP contribution in [0.2, 0.25) is 5.02 Å². The highest BCUT2D eigenvalue weighted by molar-refractivity contribution is 6.33. The lowest BCUT2D eigenvalue weighted by Crippen LogP contribution is -1.95. The SMILES string of the molecule is Cc1cc(Nc2ccccc2Cl)cc(-c2ccccc2)c1C. The molecule has 22 heavy (non-hydrogen) atoms. The zero-order valence-electron chi connectivity index (χ0n) is 12.7. The van der Waals surface area contributed by atoms with Gasteiger partial charge in [0.25, 0.3) is 0 Å². The number of hydrogen-bond acceptors (Lipinski definition) is 1. The highest BCUT2D eigenvalue weighted by atomic mass is 35.5. The highest BCUT2D eigenvalue weighted by Gasteiger charge is 2.08. The molecule has 0 unspecified atom stereocenters. The summed E-state index contributed by atoms with van der Waals surface area (Å²) in [5.41, 5.74) is 7.01. The van der Waals surface area contributed by atoms with Crippen LogP contribution in [0.5, 0.6) is 0 Å². The van der Waals surface area contributed by atoms with E-state index in [4.69, 9.17) is 11.6 Å². The van der Waals surface area contributed by atoms with Gasteiger partial charge in [0.2, 0.25) is 0 Å². The number of para-hydroxylation sites is 1. The molecule has 1 nitrogen and oxygen atoms in total. The summed E-state index contributed by atoms with van der Waals surface area (Å²) in [6.45, 7) is 4.30. The molecule has 0 heterocycles. The van der Waals surface area contributed by atoms with Crippen molar-refractivity contribution in [3.63, 3.8) is 0 Å². The zero-order chi connectivity index (χ0) is 15.5. The van der Waals surface area contributed by atoms with Gasteiger partial charge in [0, 0.05) is 5.69 Å². The van der Waals surface area contributed by atoms with Crippen molar-refractivity contribution in [2.75, 3.05) is 5.32 Å². The van der Waals surface area contributed by atoms with Crippen LogP contribution in [0.4, 0.5) is 11.4 Å². The number of anilines is 2. The molecule has 3 aromatic carbocycles. The second-order valence-corrected chi connectivity index (χ2v) is 5.84. The molecule has 1 N–H and O–H groups in total. The minimum Gasteiger partial charge on any atom is -0.354 e. The maximum absolute atomic E-state index is 6.24. The van der Waals surface area contributed by atoms with Gasteiger partial charge in [0.1, 0.15) is 0 Å². The second-order valence-electron chi connectivity index (χ2n) is 5.44. The summed E-state index contributed by atoms with van der Waals surface area (Å²) < 4.78 is 0. The lowest BCUT2D eigenvalue weighted by molar-refractivity contribution is 1.33. The molecule has 0 radical (unpaired) electrons. The predicted molar refractivity (Wildman–Crippen MR) is 96.1 cm³/mol. The quantitative estimate of drug-likeness (QED) is 0.593. The average Bonchev–Trinajstić information content (AvgIpc) is 2.54. The van der Waals surface area contributed by atoms with Crippen LogP contribution in [0.3, 0.4) is 0 Å². The van der Waals surface area contributed by atoms with Crippen molar-refractivity contribution in [1.29, 1.82) is 0 Å². The summed E-state index contributed by atoms with van der Waals surface area (Å²) in [4.78, 5) is 0. The average molecular weight is 308 g/mol. The summed E-state index contributed by atoms with van der Waals surface area (Å²) in [6, 6.07) is 22.6. The van der Waals surface area contributed by atoms with Gasteiger partial charge in [0.05, 0.1) is 10.7 Å². The van der Waals surface area contributed by atoms with Crippen LogP contribution in [0.15, 0.2) is 66.7 Å². The van der Waals surface area contributed by atoms with E-state index >= 15 is 0 Å². The van der Waals surface area contributed by atoms with Crippen LogP contribution in [-0.4, -0.2) is 0 Å². The summed E-state index contributed by atoms with van der Waals surface area (Å²) >= 11 is 6.24. The van der Waals surface area contributed by atoms with Crippen LogP contribution < -0.4 is 5.32 Å². The Labute approximate surface area is 136 Å². The normalized spacial score (nSPS) is 10.5. The molecule has 0 atom stereocenters. The van der Waals surface area contributed by atoms with E-state index in [1.54, 1.807) is 0 Å². The largest absolute Gasteiger partial charge is 0.354 e. The van der Waals surface area contributed by atoms with Crippen LogP contribution in [0.25, 0.3) is 11.1 Å². The Morgan fingerprint density at radius 2 is 1.50 bits per heavy atom. The molecular weight excluding hydrogens is 290 g/mol. The summed E-state index contributed by atoms with van der Waals surface area (Å²) in [5, 5.41) is 4.14. The van der Waals surface area contributed by atoms with Gasteiger partial charge in [-0.1, -0.05) is 54.1 Å². The molecule has 0 aromatic heterocycles. The van der Waals surface area contributed by atoms with Gasteiger partial charge in [-0.2, -0.15) is 0 Å². The fourth-order valence-corrected chi connectivity index (χ4v) is 2.75. The molecule has 0 amide bonds. The lowest BCUT2D eigenvalue weighted by Gasteiger charge is -2.15. The molecule has 0 aliphatic rings. The van der Waals surface area contributed by atoms with Crippen molar-refractivity contribution in [2.24, 2.45) is 0 Å². The Bertz CT molecular complexity index is 794. The first-order valence-electron chi connectivity index (χ1n) is 7.33. The summed E-state index contributed by atoms with van der Waals surface area (Å²) in [5.74, 6) is 0. The van der Waals surface area contributed by atoms with E-state index in [0.29, 0.717) is 0 Å². The van der Waals surface area contributed by atoms with Crippen LogP contribution in [0.1, 0.15) is 11.1 Å². The smallest absolute Gasteiger partial charge is 0.0640 e. The van der Waals surface area contributed by atoms with Crippen molar-refractivity contribution in [1.82, 2.24) is 0 Å². The third kappa shape index (κ3) is 3.00. The standard InChI is InChI=1S/C20H18ClN/c1-14-12-17(22-20-11-7-6-10-19(20)21)13-18(15(14)2)16-8-4-3-5-9-16/h3-13,22H,1-2H3. The van der Waals surface area contributed by atoms with E-state index in [2.05, 4.69) is 55.6 Å². The van der Waals surface area contributed by atoms with Crippen LogP contribution in [0, 0.1) is 13.8 Å². The maximum Gasteiger partial charge on any atom is 0.0640 e. The molecular formula is C20H18ClN. The topological polar surface area (TPSA) is 12.0 Å². The van der Waals surface area contributed by atoms with Gasteiger partial charge < -0.3 is 5.32 Å². The number of halogens is 1. The van der Waals surface area contributed by atoms with Crippen LogP contribution in [-0.2, 0) is 0 Å². The van der Waals surface area contributed by atoms with Gasteiger partial charge in [0.15, 0.2) is 0 Å². The molecule has 0 bridgehead atoms. The van der Waals surface area contributed by atoms with E-state index in [0.717, 1.165) is 16.4 Å². The Hall–Kier alpha value is -2.25. The summed E-state index contributed by atoms with van der Waals surface area (Å²) in [6.07, 6.45) is 0. The fourth-order valence-electron chi connectivity index (χ4n) is 2.57. The Morgan fingerprint density at radius 3 is 2.23 bits per heavy atom. The zero-order valence-corrected chi connectivity index (χ0v) is 13.5. The monoisotopic (exact) mass is 307 g/mol. The van der Waals surface area contributed by atoms with Gasteiger partial charge in [-0.05, 0) is 60.4 Å². The third-order valence-electron chi connectivity index (χ3n) is 3.91. The number of aryl methyl sites for hydroxylation is 1. The molecule has 3 rings (SSSR count). The molecule has 0 spiro atoms. The van der Waals surface area contributed by atoms with Crippen molar-refractivity contribution in [3.05, 3.63) is 82.9 Å². The maximum atomic E-state index is 6.24. The van der Waals surface area contributed by atoms with E-state index < -0.39 is 0 Å². The van der Waals surface area contributed by atoms with E-state index in [1.807, 2.05) is 30.3 Å². The van der Waals surface area contributed by atoms with Gasteiger partial charge >= 0.3 is 0 Å². The highest BCUT2D eigenvalue weighted by Crippen LogP contribution is 2.32. The first kappa shape index (κ1) is 14.7. The molecule has 0 fully saturated rings. The second kappa shape index (κ2) is 6.25. The Balaban J connectivity index is 2.04. The molecule has 2 heteroatoms. The van der Waals surface area contributed by atoms with E-state index in [9.17, 15) is 0 Å². The Morgan fingerprint density at radius 1 is 0.818 bits per heavy atom. The molecule has 0 aliphatic heterocycles. The number of benzene rings is 3. The van der Waals surface area contributed by atoms with Gasteiger partial charge in [-0.25, -0.2) is 0 Å². The molecule has 0 saturated heterocycles. The van der Waals surface area contributed by atoms with Crippen LogP contribution >= 0.6 is 11.6 Å². The number of nitrogens with one attached hydrogen (secondary N) is 1. The van der Waals surface area contributed by atoms with Gasteiger partial charge in [-0.3, -0.25) is 0 Å². The van der Waals surface area contributed by atoms with Crippen molar-refractivity contribution < 1.29 is 0 Å². The Kier molecular flexibility index (Phi) is 4.17. The lowest BCUT2D eigenvalue weighted by atomic mass is 9.96. The predicted octanol–water partition coefficient (Wildman–Crippen LogP) is 6.37. The molecule has 3 aromatic rings. The minimum atomic E-state index is 0.724. The van der Waals surface area contributed by atoms with Crippen molar-refractivity contribution in [3.8, 4) is 11.1 Å². The first-order valence-corrected chi connectivity index (χ1v) is 7.71. The van der Waals surface area contributed by atoms with Crippen molar-refractivity contribution >= 4 is 23.0 Å².